The number of nitrogens with zero attached hydrogens (tertiary/aromatic N) is 1. The maximum atomic E-state index is 12.6. The lowest BCUT2D eigenvalue weighted by molar-refractivity contribution is -0.151. The van der Waals surface area contributed by atoms with E-state index in [9.17, 15) is 23.1 Å². The molecule has 0 aromatic heterocycles. The summed E-state index contributed by atoms with van der Waals surface area (Å²) in [6.07, 6.45) is 0.590. The van der Waals surface area contributed by atoms with Gasteiger partial charge in [0.2, 0.25) is 5.91 Å². The Labute approximate surface area is 155 Å². The van der Waals surface area contributed by atoms with Crippen LogP contribution in [-0.4, -0.2) is 48.6 Å². The molecule has 1 atom stereocenters. The van der Waals surface area contributed by atoms with Crippen LogP contribution in [0.15, 0.2) is 29.2 Å². The van der Waals surface area contributed by atoms with Gasteiger partial charge in [-0.3, -0.25) is 9.59 Å². The molecule has 0 saturated carbocycles. The fourth-order valence-corrected chi connectivity index (χ4v) is 4.35. The highest BCUT2D eigenvalue weighted by atomic mass is 32.2. The lowest BCUT2D eigenvalue weighted by Gasteiger charge is -2.28. The van der Waals surface area contributed by atoms with Crippen LogP contribution in [0.25, 0.3) is 0 Å². The predicted octanol–water partition coefficient (Wildman–Crippen LogP) is 2.37. The molecule has 1 aliphatic rings. The van der Waals surface area contributed by atoms with Gasteiger partial charge >= 0.3 is 5.97 Å². The predicted molar refractivity (Wildman–Crippen MR) is 98.6 cm³/mol. The molecule has 1 unspecified atom stereocenters. The van der Waals surface area contributed by atoms with Gasteiger partial charge < -0.3 is 10.0 Å². The molecule has 6 nitrogen and oxygen atoms in total. The van der Waals surface area contributed by atoms with E-state index in [4.69, 9.17) is 0 Å². The van der Waals surface area contributed by atoms with Crippen LogP contribution < -0.4 is 0 Å². The molecule has 0 radical (unpaired) electrons. The van der Waals surface area contributed by atoms with Crippen LogP contribution in [0.4, 0.5) is 0 Å². The minimum Gasteiger partial charge on any atom is -0.481 e. The van der Waals surface area contributed by atoms with E-state index in [0.717, 1.165) is 5.56 Å². The fraction of sp³-hybridized carbons (Fsp3) is 0.579. The summed E-state index contributed by atoms with van der Waals surface area (Å²) in [7, 11) is -3.33. The van der Waals surface area contributed by atoms with E-state index in [-0.39, 0.29) is 29.7 Å². The van der Waals surface area contributed by atoms with Crippen molar-refractivity contribution in [2.75, 3.05) is 13.1 Å². The third kappa shape index (κ3) is 3.77. The van der Waals surface area contributed by atoms with E-state index in [1.54, 1.807) is 30.9 Å². The zero-order chi connectivity index (χ0) is 19.7. The molecule has 0 bridgehead atoms. The summed E-state index contributed by atoms with van der Waals surface area (Å²) in [5.74, 6) is -1.04. The number of sulfone groups is 1. The van der Waals surface area contributed by atoms with Crippen molar-refractivity contribution < 1.29 is 23.1 Å². The number of hydrogen-bond donors (Lipinski definition) is 1. The molecule has 2 rings (SSSR count). The smallest absolute Gasteiger partial charge is 0.311 e. The summed E-state index contributed by atoms with van der Waals surface area (Å²) in [5, 5.41) is 9.08. The van der Waals surface area contributed by atoms with E-state index in [2.05, 4.69) is 0 Å². The Morgan fingerprint density at radius 1 is 1.15 bits per heavy atom. The van der Waals surface area contributed by atoms with Crippen LogP contribution in [0.1, 0.15) is 39.7 Å². The van der Waals surface area contributed by atoms with Gasteiger partial charge in [0.1, 0.15) is 0 Å². The van der Waals surface area contributed by atoms with E-state index >= 15 is 0 Å². The number of carbonyl (C=O) groups is 2. The van der Waals surface area contributed by atoms with Crippen molar-refractivity contribution >= 4 is 21.7 Å². The third-order valence-electron chi connectivity index (χ3n) is 5.41. The van der Waals surface area contributed by atoms with Crippen LogP contribution >= 0.6 is 0 Å². The van der Waals surface area contributed by atoms with Crippen molar-refractivity contribution in [2.24, 2.45) is 11.3 Å². The fourth-order valence-electron chi connectivity index (χ4n) is 3.29. The standard InChI is InChI=1S/C19H27NO5S/c1-13(2)19(18(22)23)9-10-20(12-19)17(21)11-15-5-7-16(8-6-15)26(24,25)14(3)4/h5-8,13-14H,9-12H2,1-4H3,(H,22,23). The van der Waals surface area contributed by atoms with Crippen molar-refractivity contribution in [1.82, 2.24) is 4.90 Å². The number of benzene rings is 1. The first-order valence-electron chi connectivity index (χ1n) is 8.84. The number of hydrogen-bond acceptors (Lipinski definition) is 4. The average molecular weight is 381 g/mol. The monoisotopic (exact) mass is 381 g/mol. The van der Waals surface area contributed by atoms with E-state index in [1.165, 1.54) is 12.1 Å². The molecule has 0 spiro atoms. The second kappa shape index (κ2) is 7.39. The van der Waals surface area contributed by atoms with Gasteiger partial charge in [0.15, 0.2) is 9.84 Å². The normalized spacial score (nSPS) is 20.8. The summed E-state index contributed by atoms with van der Waals surface area (Å²) in [4.78, 5) is 26.1. The van der Waals surface area contributed by atoms with Crippen LogP contribution in [0.5, 0.6) is 0 Å². The summed E-state index contributed by atoms with van der Waals surface area (Å²) < 4.78 is 24.3. The van der Waals surface area contributed by atoms with Crippen LogP contribution in [0.3, 0.4) is 0 Å². The average Bonchev–Trinajstić information content (AvgIpc) is 3.02. The van der Waals surface area contributed by atoms with Crippen molar-refractivity contribution in [3.05, 3.63) is 29.8 Å². The second-order valence-electron chi connectivity index (χ2n) is 7.60. The molecule has 26 heavy (non-hydrogen) atoms. The third-order valence-corrected chi connectivity index (χ3v) is 7.58. The van der Waals surface area contributed by atoms with E-state index in [1.807, 2.05) is 13.8 Å². The molecule has 1 amide bonds. The SMILES string of the molecule is CC(C)C1(C(=O)O)CCN(C(=O)Cc2ccc(S(=O)(=O)C(C)C)cc2)C1. The van der Waals surface area contributed by atoms with Gasteiger partial charge in [-0.25, -0.2) is 8.42 Å². The quantitative estimate of drug-likeness (QED) is 0.817. The largest absolute Gasteiger partial charge is 0.481 e. The highest BCUT2D eigenvalue weighted by molar-refractivity contribution is 7.92. The van der Waals surface area contributed by atoms with Crippen LogP contribution in [0.2, 0.25) is 0 Å². The molecule has 1 aromatic rings. The number of amides is 1. The highest BCUT2D eigenvalue weighted by Gasteiger charge is 2.48. The van der Waals surface area contributed by atoms with Gasteiger partial charge in [0.05, 0.1) is 22.0 Å². The molecule has 7 heteroatoms. The number of likely N-dealkylation sites (tertiary alicyclic amines) is 1. The van der Waals surface area contributed by atoms with Gasteiger partial charge in [0, 0.05) is 13.1 Å². The second-order valence-corrected chi connectivity index (χ2v) is 10.1. The molecule has 144 valence electrons. The minimum atomic E-state index is -3.33. The summed E-state index contributed by atoms with van der Waals surface area (Å²) >= 11 is 0. The van der Waals surface area contributed by atoms with Crippen molar-refractivity contribution in [2.45, 2.75) is 50.7 Å². The van der Waals surface area contributed by atoms with E-state index in [0.29, 0.717) is 13.0 Å². The molecule has 1 heterocycles. The Kier molecular flexibility index (Phi) is 5.80. The maximum absolute atomic E-state index is 12.6. The van der Waals surface area contributed by atoms with Gasteiger partial charge in [-0.2, -0.15) is 0 Å². The number of carbonyl (C=O) groups excluding carboxylic acids is 1. The molecular formula is C19H27NO5S. The lowest BCUT2D eigenvalue weighted by atomic mass is 9.76. The van der Waals surface area contributed by atoms with Crippen molar-refractivity contribution in [1.29, 1.82) is 0 Å². The number of aliphatic carboxylic acids is 1. The van der Waals surface area contributed by atoms with Crippen LogP contribution in [0, 0.1) is 11.3 Å². The highest BCUT2D eigenvalue weighted by Crippen LogP contribution is 2.38. The van der Waals surface area contributed by atoms with Gasteiger partial charge in [-0.15, -0.1) is 0 Å². The van der Waals surface area contributed by atoms with Crippen LogP contribution in [-0.2, 0) is 25.8 Å². The zero-order valence-electron chi connectivity index (χ0n) is 15.7. The summed E-state index contributed by atoms with van der Waals surface area (Å²) in [6.45, 7) is 7.65. The van der Waals surface area contributed by atoms with Gasteiger partial charge in [0.25, 0.3) is 0 Å². The van der Waals surface area contributed by atoms with Crippen molar-refractivity contribution in [3.63, 3.8) is 0 Å². The first kappa shape index (κ1) is 20.4. The van der Waals surface area contributed by atoms with Gasteiger partial charge in [-0.1, -0.05) is 26.0 Å². The molecule has 1 saturated heterocycles. The first-order valence-corrected chi connectivity index (χ1v) is 10.4. The molecular weight excluding hydrogens is 354 g/mol. The van der Waals surface area contributed by atoms with Crippen molar-refractivity contribution in [3.8, 4) is 0 Å². The molecule has 1 N–H and O–H groups in total. The Morgan fingerprint density at radius 2 is 1.73 bits per heavy atom. The Hall–Kier alpha value is -1.89. The summed E-state index contributed by atoms with van der Waals surface area (Å²) in [6, 6.07) is 6.35. The topological polar surface area (TPSA) is 91.8 Å². The maximum Gasteiger partial charge on any atom is 0.311 e. The molecule has 0 aliphatic carbocycles. The Morgan fingerprint density at radius 3 is 2.15 bits per heavy atom. The number of carboxylic acids is 1. The lowest BCUT2D eigenvalue weighted by Crippen LogP contribution is -2.41. The molecule has 1 aliphatic heterocycles. The summed E-state index contributed by atoms with van der Waals surface area (Å²) in [5.41, 5.74) is -0.166. The van der Waals surface area contributed by atoms with E-state index < -0.39 is 26.5 Å². The number of rotatable bonds is 6. The zero-order valence-corrected chi connectivity index (χ0v) is 16.5. The first-order chi connectivity index (χ1) is 12.0. The van der Waals surface area contributed by atoms with Gasteiger partial charge in [-0.05, 0) is 43.9 Å². The Balaban J connectivity index is 2.08. The Bertz CT molecular complexity index is 783. The molecule has 1 aromatic carbocycles. The number of carboxylic acid groups (broad SMARTS) is 1. The minimum absolute atomic E-state index is 0.0571. The molecule has 1 fully saturated rings.